The van der Waals surface area contributed by atoms with Crippen LogP contribution in [0.5, 0.6) is 11.5 Å². The number of carbonyl (C=O) groups is 2. The van der Waals surface area contributed by atoms with Gasteiger partial charge >= 0.3 is 0 Å². The molecule has 154 valence electrons. The van der Waals surface area contributed by atoms with Crippen LogP contribution in [0.4, 0.5) is 5.69 Å². The van der Waals surface area contributed by atoms with Crippen molar-refractivity contribution in [2.24, 2.45) is 0 Å². The second-order valence-electron chi connectivity index (χ2n) is 6.89. The average Bonchev–Trinajstić information content (AvgIpc) is 3.15. The molecule has 0 saturated carbocycles. The van der Waals surface area contributed by atoms with E-state index in [2.05, 4.69) is 21.2 Å². The van der Waals surface area contributed by atoms with E-state index in [0.29, 0.717) is 37.3 Å². The fourth-order valence-corrected chi connectivity index (χ4v) is 3.91. The topological polar surface area (TPSA) is 67.9 Å². The van der Waals surface area contributed by atoms with Gasteiger partial charge in [-0.25, -0.2) is 0 Å². The Hall–Kier alpha value is -2.54. The lowest BCUT2D eigenvalue weighted by Crippen LogP contribution is -2.27. The lowest BCUT2D eigenvalue weighted by Gasteiger charge is -2.16. The zero-order valence-electron chi connectivity index (χ0n) is 16.7. The molecule has 6 nitrogen and oxygen atoms in total. The minimum absolute atomic E-state index is 0.0356. The Morgan fingerprint density at radius 1 is 1.14 bits per heavy atom. The molecule has 2 amide bonds. The molecule has 3 rings (SSSR count). The molecular weight excluding hydrogens is 436 g/mol. The van der Waals surface area contributed by atoms with E-state index in [-0.39, 0.29) is 11.8 Å². The van der Waals surface area contributed by atoms with E-state index >= 15 is 0 Å². The van der Waals surface area contributed by atoms with E-state index in [1.165, 1.54) is 0 Å². The lowest BCUT2D eigenvalue weighted by molar-refractivity contribution is -0.120. The minimum Gasteiger partial charge on any atom is -0.493 e. The standard InChI is InChI=1S/C22H25BrN2O4/c1-28-19-13-16(18(23)14-20(19)29-2)9-10-24-21(26)12-15-5-7-17(8-6-15)25-11-3-4-22(25)27/h5-8,13-14H,3-4,9-12H2,1-2H3,(H,24,26). The van der Waals surface area contributed by atoms with Crippen molar-refractivity contribution in [2.75, 3.05) is 32.2 Å². The molecule has 29 heavy (non-hydrogen) atoms. The van der Waals surface area contributed by atoms with Crippen molar-refractivity contribution in [3.8, 4) is 11.5 Å². The highest BCUT2D eigenvalue weighted by molar-refractivity contribution is 9.10. The first-order valence-electron chi connectivity index (χ1n) is 9.58. The predicted octanol–water partition coefficient (Wildman–Crippen LogP) is 3.49. The summed E-state index contributed by atoms with van der Waals surface area (Å²) in [6.07, 6.45) is 2.49. The molecule has 0 bridgehead atoms. The van der Waals surface area contributed by atoms with Crippen molar-refractivity contribution in [1.82, 2.24) is 5.32 Å². The Labute approximate surface area is 179 Å². The van der Waals surface area contributed by atoms with Crippen LogP contribution in [0.15, 0.2) is 40.9 Å². The van der Waals surface area contributed by atoms with Crippen LogP contribution < -0.4 is 19.7 Å². The Morgan fingerprint density at radius 2 is 1.83 bits per heavy atom. The van der Waals surface area contributed by atoms with Crippen LogP contribution in [0.25, 0.3) is 0 Å². The molecule has 1 aliphatic heterocycles. The largest absolute Gasteiger partial charge is 0.493 e. The highest BCUT2D eigenvalue weighted by Crippen LogP contribution is 2.33. The van der Waals surface area contributed by atoms with Crippen LogP contribution >= 0.6 is 15.9 Å². The Balaban J connectivity index is 1.51. The van der Waals surface area contributed by atoms with Crippen molar-refractivity contribution in [3.05, 3.63) is 52.0 Å². The molecule has 0 aliphatic carbocycles. The normalized spacial score (nSPS) is 13.5. The maximum absolute atomic E-state index is 12.3. The number of hydrogen-bond acceptors (Lipinski definition) is 4. The summed E-state index contributed by atoms with van der Waals surface area (Å²) in [6, 6.07) is 11.4. The highest BCUT2D eigenvalue weighted by Gasteiger charge is 2.21. The molecule has 1 N–H and O–H groups in total. The van der Waals surface area contributed by atoms with E-state index in [1.807, 2.05) is 36.4 Å². The van der Waals surface area contributed by atoms with E-state index in [9.17, 15) is 9.59 Å². The first-order chi connectivity index (χ1) is 14.0. The van der Waals surface area contributed by atoms with Gasteiger partial charge in [0.1, 0.15) is 0 Å². The molecule has 7 heteroatoms. The summed E-state index contributed by atoms with van der Waals surface area (Å²) in [5.74, 6) is 1.45. The van der Waals surface area contributed by atoms with Gasteiger partial charge in [0.2, 0.25) is 11.8 Å². The van der Waals surface area contributed by atoms with Crippen LogP contribution in [-0.2, 0) is 22.4 Å². The van der Waals surface area contributed by atoms with Gasteiger partial charge in [-0.1, -0.05) is 28.1 Å². The summed E-state index contributed by atoms with van der Waals surface area (Å²) in [7, 11) is 3.20. The quantitative estimate of drug-likeness (QED) is 0.654. The Kier molecular flexibility index (Phi) is 7.14. The summed E-state index contributed by atoms with van der Waals surface area (Å²) in [6.45, 7) is 1.29. The molecule has 1 heterocycles. The summed E-state index contributed by atoms with van der Waals surface area (Å²) in [5.41, 5.74) is 2.85. The number of amides is 2. The SMILES string of the molecule is COc1cc(Br)c(CCNC(=O)Cc2ccc(N3CCCC3=O)cc2)cc1OC. The van der Waals surface area contributed by atoms with Crippen molar-refractivity contribution in [1.29, 1.82) is 0 Å². The molecule has 0 aromatic heterocycles. The monoisotopic (exact) mass is 460 g/mol. The number of carbonyl (C=O) groups excluding carboxylic acids is 2. The third-order valence-electron chi connectivity index (χ3n) is 4.96. The fourth-order valence-electron chi connectivity index (χ4n) is 3.39. The number of anilines is 1. The van der Waals surface area contributed by atoms with Crippen LogP contribution in [0.1, 0.15) is 24.0 Å². The maximum Gasteiger partial charge on any atom is 0.227 e. The van der Waals surface area contributed by atoms with Gasteiger partial charge in [0, 0.05) is 29.7 Å². The van der Waals surface area contributed by atoms with Gasteiger partial charge in [-0.15, -0.1) is 0 Å². The number of ether oxygens (including phenoxy) is 2. The molecule has 0 unspecified atom stereocenters. The summed E-state index contributed by atoms with van der Waals surface area (Å²) in [5, 5.41) is 2.95. The molecule has 1 saturated heterocycles. The first-order valence-corrected chi connectivity index (χ1v) is 10.4. The number of methoxy groups -OCH3 is 2. The molecule has 0 atom stereocenters. The van der Waals surface area contributed by atoms with Crippen LogP contribution in [0.2, 0.25) is 0 Å². The van der Waals surface area contributed by atoms with E-state index in [1.54, 1.807) is 19.1 Å². The second-order valence-corrected chi connectivity index (χ2v) is 7.75. The smallest absolute Gasteiger partial charge is 0.227 e. The van der Waals surface area contributed by atoms with Gasteiger partial charge < -0.3 is 19.7 Å². The molecule has 1 aliphatic rings. The molecule has 0 radical (unpaired) electrons. The van der Waals surface area contributed by atoms with Crippen molar-refractivity contribution < 1.29 is 19.1 Å². The van der Waals surface area contributed by atoms with Crippen molar-refractivity contribution in [2.45, 2.75) is 25.7 Å². The van der Waals surface area contributed by atoms with Gasteiger partial charge in [-0.05, 0) is 48.2 Å². The maximum atomic E-state index is 12.3. The molecule has 0 spiro atoms. The minimum atomic E-state index is -0.0356. The van der Waals surface area contributed by atoms with Crippen LogP contribution in [0, 0.1) is 0 Å². The number of benzene rings is 2. The van der Waals surface area contributed by atoms with E-state index in [0.717, 1.165) is 34.3 Å². The van der Waals surface area contributed by atoms with Crippen molar-refractivity contribution >= 4 is 33.4 Å². The van der Waals surface area contributed by atoms with Crippen LogP contribution in [0.3, 0.4) is 0 Å². The molecule has 2 aromatic carbocycles. The van der Waals surface area contributed by atoms with Crippen LogP contribution in [-0.4, -0.2) is 39.1 Å². The van der Waals surface area contributed by atoms with Crippen molar-refractivity contribution in [3.63, 3.8) is 0 Å². The molecule has 1 fully saturated rings. The second kappa shape index (κ2) is 9.78. The van der Waals surface area contributed by atoms with Gasteiger partial charge in [0.25, 0.3) is 0 Å². The third-order valence-corrected chi connectivity index (χ3v) is 5.69. The number of nitrogens with zero attached hydrogens (tertiary/aromatic N) is 1. The first kappa shape index (κ1) is 21.2. The van der Waals surface area contributed by atoms with E-state index < -0.39 is 0 Å². The zero-order chi connectivity index (χ0) is 20.8. The average molecular weight is 461 g/mol. The number of nitrogens with one attached hydrogen (secondary N) is 1. The van der Waals surface area contributed by atoms with Gasteiger partial charge in [-0.2, -0.15) is 0 Å². The lowest BCUT2D eigenvalue weighted by atomic mass is 10.1. The number of hydrogen-bond donors (Lipinski definition) is 1. The summed E-state index contributed by atoms with van der Waals surface area (Å²) < 4.78 is 11.5. The van der Waals surface area contributed by atoms with Gasteiger partial charge in [0.05, 0.1) is 20.6 Å². The third kappa shape index (κ3) is 5.29. The van der Waals surface area contributed by atoms with Gasteiger partial charge in [-0.3, -0.25) is 9.59 Å². The Bertz CT molecular complexity index is 883. The number of rotatable bonds is 8. The van der Waals surface area contributed by atoms with E-state index in [4.69, 9.17) is 9.47 Å². The fraction of sp³-hybridized carbons (Fsp3) is 0.364. The van der Waals surface area contributed by atoms with Gasteiger partial charge in [0.15, 0.2) is 11.5 Å². The number of halogens is 1. The summed E-state index contributed by atoms with van der Waals surface area (Å²) in [4.78, 5) is 25.9. The zero-order valence-corrected chi connectivity index (χ0v) is 18.3. The molecular formula is C22H25BrN2O4. The molecule has 2 aromatic rings. The summed E-state index contributed by atoms with van der Waals surface area (Å²) >= 11 is 3.53. The Morgan fingerprint density at radius 3 is 2.45 bits per heavy atom. The highest BCUT2D eigenvalue weighted by atomic mass is 79.9. The predicted molar refractivity (Wildman–Crippen MR) is 116 cm³/mol.